The first-order chi connectivity index (χ1) is 29.3. The minimum atomic E-state index is -0.780. The van der Waals surface area contributed by atoms with Crippen molar-refractivity contribution >= 4 is 40.9 Å². The van der Waals surface area contributed by atoms with Gasteiger partial charge in [-0.1, -0.05) is 85.2 Å². The van der Waals surface area contributed by atoms with Crippen molar-refractivity contribution in [1.29, 1.82) is 0 Å². The van der Waals surface area contributed by atoms with E-state index in [0.29, 0.717) is 24.4 Å². The number of hydrogen-bond donors (Lipinski definition) is 3. The first-order valence-corrected chi connectivity index (χ1v) is 23.0. The molecular weight excluding hydrogens is 811 g/mol. The molecule has 3 rings (SSSR count). The van der Waals surface area contributed by atoms with Crippen LogP contribution >= 0.6 is 11.3 Å². The van der Waals surface area contributed by atoms with Crippen LogP contribution in [-0.4, -0.2) is 158 Å². The van der Waals surface area contributed by atoms with Crippen molar-refractivity contribution in [2.24, 2.45) is 23.7 Å². The van der Waals surface area contributed by atoms with Crippen molar-refractivity contribution in [3.8, 4) is 0 Å². The highest BCUT2D eigenvalue weighted by Crippen LogP contribution is 2.31. The van der Waals surface area contributed by atoms with Crippen molar-refractivity contribution < 1.29 is 38.6 Å². The van der Waals surface area contributed by atoms with Crippen molar-refractivity contribution in [1.82, 2.24) is 35.2 Å². The summed E-state index contributed by atoms with van der Waals surface area (Å²) in [4.78, 5) is 80.8. The van der Waals surface area contributed by atoms with E-state index in [0.717, 1.165) is 18.4 Å². The lowest BCUT2D eigenvalue weighted by atomic mass is 9.89. The van der Waals surface area contributed by atoms with Gasteiger partial charge in [-0.05, 0) is 56.7 Å². The molecular formula is C46H75N7O8S. The van der Waals surface area contributed by atoms with Gasteiger partial charge in [-0.15, -0.1) is 11.3 Å². The Bertz CT molecular complexity index is 1730. The second kappa shape index (κ2) is 24.8. The zero-order chi connectivity index (χ0) is 46.4. The summed E-state index contributed by atoms with van der Waals surface area (Å²) >= 11 is 1.29. The molecule has 3 N–H and O–H groups in total. The van der Waals surface area contributed by atoms with Gasteiger partial charge in [0.25, 0.3) is 5.91 Å². The number of hydrogen-bond acceptors (Lipinski definition) is 11. The molecule has 15 nitrogen and oxygen atoms in total. The number of aliphatic hydroxyl groups is 1. The highest BCUT2D eigenvalue weighted by atomic mass is 32.1. The third-order valence-corrected chi connectivity index (χ3v) is 13.3. The first-order valence-electron chi connectivity index (χ1n) is 22.1. The molecule has 1 unspecified atom stereocenters. The number of thiazole rings is 1. The van der Waals surface area contributed by atoms with Crippen LogP contribution < -0.4 is 10.6 Å². The number of ether oxygens (including phenoxy) is 2. The third kappa shape index (κ3) is 13.5. The Balaban J connectivity index is 1.83. The van der Waals surface area contributed by atoms with Gasteiger partial charge in [-0.2, -0.15) is 0 Å². The van der Waals surface area contributed by atoms with Crippen LogP contribution in [0.4, 0.5) is 0 Å². The molecule has 348 valence electrons. The number of benzene rings is 1. The molecule has 1 aromatic heterocycles. The Morgan fingerprint density at radius 2 is 1.60 bits per heavy atom. The van der Waals surface area contributed by atoms with E-state index in [1.54, 1.807) is 50.4 Å². The summed E-state index contributed by atoms with van der Waals surface area (Å²) in [7, 11) is 10.2. The molecule has 0 aliphatic carbocycles. The zero-order valence-electron chi connectivity index (χ0n) is 39.4. The van der Waals surface area contributed by atoms with Gasteiger partial charge in [-0.3, -0.25) is 28.9 Å². The molecule has 0 radical (unpaired) electrons. The molecule has 1 aromatic carbocycles. The molecule has 1 aliphatic rings. The number of methoxy groups -OCH3 is 2. The summed E-state index contributed by atoms with van der Waals surface area (Å²) in [6, 6.07) is 7.11. The lowest BCUT2D eigenvalue weighted by molar-refractivity contribution is -0.148. The number of aromatic nitrogens is 1. The summed E-state index contributed by atoms with van der Waals surface area (Å²) in [6.07, 6.45) is 1.24. The van der Waals surface area contributed by atoms with E-state index in [2.05, 4.69) is 15.6 Å². The SMILES string of the molecule is CC[C@H](C)[C@@H]([C@@H](CC(=O)N1CCC[C@H]1[C@H](OC)[C@@H](C)C(=O)N[C@@H](Cc1ccccc1)c1nc(C(=O)N(C)CCO)cs1)OC)N(C)C(=O)[C@@H](NC(=O)C(C(C)C)N(C)C)C(C)C. The topological polar surface area (TPSA) is 174 Å². The van der Waals surface area contributed by atoms with Gasteiger partial charge in [0.05, 0.1) is 55.3 Å². The molecule has 1 aliphatic heterocycles. The van der Waals surface area contributed by atoms with Crippen molar-refractivity contribution in [2.45, 2.75) is 123 Å². The van der Waals surface area contributed by atoms with Crippen LogP contribution in [-0.2, 0) is 35.1 Å². The van der Waals surface area contributed by atoms with Gasteiger partial charge in [0.1, 0.15) is 16.7 Å². The summed E-state index contributed by atoms with van der Waals surface area (Å²) in [6.45, 7) is 14.1. The van der Waals surface area contributed by atoms with Crippen LogP contribution in [0.2, 0.25) is 0 Å². The van der Waals surface area contributed by atoms with Gasteiger partial charge in [0.15, 0.2) is 0 Å². The minimum Gasteiger partial charge on any atom is -0.395 e. The number of carbonyl (C=O) groups excluding carboxylic acids is 5. The normalized spacial score (nSPS) is 18.1. The molecule has 0 bridgehead atoms. The van der Waals surface area contributed by atoms with Crippen molar-refractivity contribution in [2.75, 3.05) is 62.1 Å². The van der Waals surface area contributed by atoms with Crippen LogP contribution in [0.5, 0.6) is 0 Å². The smallest absolute Gasteiger partial charge is 0.273 e. The standard InChI is InChI=1S/C46H75N7O8S/c1-14-30(6)40(52(11)46(59)38(28(2)3)49-43(57)39(29(4)5)50(8)9)36(60-12)26-37(55)53-22-18-21-35(53)41(61-13)31(7)42(56)47-33(25-32-19-16-15-17-20-32)44-48-34(27-62-44)45(58)51(10)23-24-54/h15-17,19-20,27-31,33,35-36,38-41,54H,14,18,21-26H2,1-13H3,(H,47,56)(H,49,57)/t30-,31+,33-,35-,36+,38-,39?,40-,41+/m0/s1. The molecule has 0 spiro atoms. The lowest BCUT2D eigenvalue weighted by Gasteiger charge is -2.41. The van der Waals surface area contributed by atoms with E-state index in [9.17, 15) is 29.1 Å². The molecule has 2 heterocycles. The fourth-order valence-electron chi connectivity index (χ4n) is 8.76. The molecule has 1 fully saturated rings. The van der Waals surface area contributed by atoms with Gasteiger partial charge in [-0.25, -0.2) is 4.98 Å². The van der Waals surface area contributed by atoms with E-state index >= 15 is 0 Å². The summed E-state index contributed by atoms with van der Waals surface area (Å²) < 4.78 is 12.1. The Morgan fingerprint density at radius 1 is 0.935 bits per heavy atom. The molecule has 5 amide bonds. The summed E-state index contributed by atoms with van der Waals surface area (Å²) in [5.74, 6) is -2.08. The van der Waals surface area contributed by atoms with E-state index in [1.165, 1.54) is 16.2 Å². The Labute approximate surface area is 374 Å². The number of likely N-dealkylation sites (N-methyl/N-ethyl adjacent to an activating group) is 3. The molecule has 0 saturated carbocycles. The van der Waals surface area contributed by atoms with E-state index in [4.69, 9.17) is 9.47 Å². The number of carbonyl (C=O) groups is 5. The van der Waals surface area contributed by atoms with Gasteiger partial charge >= 0.3 is 0 Å². The van der Waals surface area contributed by atoms with Gasteiger partial charge in [0, 0.05) is 46.8 Å². The molecule has 16 heteroatoms. The molecule has 2 aromatic rings. The molecule has 1 saturated heterocycles. The third-order valence-electron chi connectivity index (χ3n) is 12.4. The maximum atomic E-state index is 14.4. The highest BCUT2D eigenvalue weighted by Gasteiger charge is 2.43. The van der Waals surface area contributed by atoms with Gasteiger partial charge < -0.3 is 39.9 Å². The fourth-order valence-corrected chi connectivity index (χ4v) is 9.60. The summed E-state index contributed by atoms with van der Waals surface area (Å²) in [5.41, 5.74) is 1.22. The summed E-state index contributed by atoms with van der Waals surface area (Å²) in [5, 5.41) is 17.8. The average molecular weight is 886 g/mol. The van der Waals surface area contributed by atoms with Crippen LogP contribution in [0.1, 0.15) is 101 Å². The van der Waals surface area contributed by atoms with E-state index in [1.807, 2.05) is 90.9 Å². The Hall–Kier alpha value is -3.96. The number of aliphatic hydroxyl groups excluding tert-OH is 1. The van der Waals surface area contributed by atoms with Crippen LogP contribution in [0, 0.1) is 23.7 Å². The van der Waals surface area contributed by atoms with Crippen LogP contribution in [0.3, 0.4) is 0 Å². The second-order valence-corrected chi connectivity index (χ2v) is 18.6. The number of rotatable bonds is 24. The predicted molar refractivity (Wildman–Crippen MR) is 242 cm³/mol. The molecule has 9 atom stereocenters. The minimum absolute atomic E-state index is 0.00311. The van der Waals surface area contributed by atoms with Crippen molar-refractivity contribution in [3.63, 3.8) is 0 Å². The number of likely N-dealkylation sites (tertiary alicyclic amines) is 1. The lowest BCUT2D eigenvalue weighted by Crippen LogP contribution is -2.59. The first kappa shape index (κ1) is 52.4. The second-order valence-electron chi connectivity index (χ2n) is 17.7. The van der Waals surface area contributed by atoms with Crippen LogP contribution in [0.15, 0.2) is 35.7 Å². The Kier molecular flexibility index (Phi) is 20.9. The predicted octanol–water partition coefficient (Wildman–Crippen LogP) is 4.25. The highest BCUT2D eigenvalue weighted by molar-refractivity contribution is 7.09. The zero-order valence-corrected chi connectivity index (χ0v) is 40.2. The van der Waals surface area contributed by atoms with E-state index in [-0.39, 0.29) is 72.6 Å². The monoisotopic (exact) mass is 886 g/mol. The maximum Gasteiger partial charge on any atom is 0.273 e. The molecule has 62 heavy (non-hydrogen) atoms. The number of nitrogens with zero attached hydrogens (tertiary/aromatic N) is 5. The number of nitrogens with one attached hydrogen (secondary N) is 2. The van der Waals surface area contributed by atoms with Crippen molar-refractivity contribution in [3.05, 3.63) is 52.0 Å². The quantitative estimate of drug-likeness (QED) is 0.138. The maximum absolute atomic E-state index is 14.4. The van der Waals surface area contributed by atoms with E-state index < -0.39 is 48.3 Å². The largest absolute Gasteiger partial charge is 0.395 e. The fraction of sp³-hybridized carbons (Fsp3) is 0.696. The average Bonchev–Trinajstić information content (AvgIpc) is 3.93. The number of amides is 5. The van der Waals surface area contributed by atoms with Crippen LogP contribution in [0.25, 0.3) is 0 Å². The Morgan fingerprint density at radius 3 is 2.15 bits per heavy atom. The van der Waals surface area contributed by atoms with Gasteiger partial charge in [0.2, 0.25) is 23.6 Å².